The number of nitrogens with zero attached hydrogens (tertiary/aromatic N) is 4. The van der Waals surface area contributed by atoms with Crippen molar-refractivity contribution in [2.75, 3.05) is 53.1 Å². The fourth-order valence-corrected chi connectivity index (χ4v) is 8.94. The number of benzene rings is 3. The molecule has 2 heterocycles. The molecule has 2 unspecified atom stereocenters. The lowest BCUT2D eigenvalue weighted by Crippen LogP contribution is -2.43. The second-order valence-corrected chi connectivity index (χ2v) is 15.9. The van der Waals surface area contributed by atoms with E-state index in [-0.39, 0.29) is 56.7 Å². The topological polar surface area (TPSA) is 165 Å². The largest absolute Gasteiger partial charge is 0.497 e. The molecule has 0 spiro atoms. The van der Waals surface area contributed by atoms with E-state index < -0.39 is 44.4 Å². The van der Waals surface area contributed by atoms with Crippen LogP contribution >= 0.6 is 8.53 Å². The van der Waals surface area contributed by atoms with Crippen molar-refractivity contribution in [2.45, 2.75) is 83.3 Å². The first-order valence-corrected chi connectivity index (χ1v) is 21.0. The molecule has 1 aliphatic heterocycles. The molecule has 1 amide bonds. The fraction of sp³-hybridized carbons (Fsp3) is 0.455. The molecule has 60 heavy (non-hydrogen) atoms. The number of methoxy groups -OCH3 is 3. The Labute approximate surface area is 353 Å². The van der Waals surface area contributed by atoms with Gasteiger partial charge in [0.25, 0.3) is 8.53 Å². The van der Waals surface area contributed by atoms with Gasteiger partial charge in [-0.05, 0) is 74.7 Å². The first kappa shape index (κ1) is 46.3. The van der Waals surface area contributed by atoms with Gasteiger partial charge in [0.2, 0.25) is 5.91 Å². The van der Waals surface area contributed by atoms with Crippen LogP contribution in [-0.2, 0) is 38.4 Å². The number of aromatic nitrogens is 2. The smallest absolute Gasteiger partial charge is 0.351 e. The zero-order valence-corrected chi connectivity index (χ0v) is 36.4. The third kappa shape index (κ3) is 11.1. The Balaban J connectivity index is 1.68. The van der Waals surface area contributed by atoms with Crippen molar-refractivity contribution in [3.63, 3.8) is 0 Å². The van der Waals surface area contributed by atoms with E-state index >= 15 is 0 Å². The van der Waals surface area contributed by atoms with Crippen molar-refractivity contribution in [1.29, 1.82) is 5.26 Å². The molecule has 5 atom stereocenters. The fourth-order valence-electron chi connectivity index (χ4n) is 7.17. The number of hydrogen-bond donors (Lipinski definition) is 1. The highest BCUT2D eigenvalue weighted by atomic mass is 31.2. The summed E-state index contributed by atoms with van der Waals surface area (Å²) in [7, 11) is 2.97. The van der Waals surface area contributed by atoms with Gasteiger partial charge in [-0.15, -0.1) is 0 Å². The number of carbonyl (C=O) groups is 1. The van der Waals surface area contributed by atoms with Crippen molar-refractivity contribution in [1.82, 2.24) is 14.2 Å². The van der Waals surface area contributed by atoms with Crippen LogP contribution in [-0.4, -0.2) is 98.3 Å². The molecule has 1 saturated heterocycles. The van der Waals surface area contributed by atoms with E-state index in [0.717, 1.165) is 16.7 Å². The number of nitriles is 1. The van der Waals surface area contributed by atoms with E-state index in [1.54, 1.807) is 21.3 Å². The Morgan fingerprint density at radius 3 is 2.00 bits per heavy atom. The highest BCUT2D eigenvalue weighted by Gasteiger charge is 2.51. The monoisotopic (exact) mass is 845 g/mol. The lowest BCUT2D eigenvalue weighted by Gasteiger charge is -2.39. The normalized spacial score (nSPS) is 18.4. The first-order valence-electron chi connectivity index (χ1n) is 19.8. The van der Waals surface area contributed by atoms with Crippen LogP contribution in [0.1, 0.15) is 64.0 Å². The number of hydrogen-bond acceptors (Lipinski definition) is 13. The number of amides is 1. The number of carbonyl (C=O) groups excluding carboxylic acids is 1. The van der Waals surface area contributed by atoms with E-state index in [9.17, 15) is 14.9 Å². The van der Waals surface area contributed by atoms with Gasteiger partial charge in [-0.2, -0.15) is 10.2 Å². The van der Waals surface area contributed by atoms with E-state index in [2.05, 4.69) is 21.0 Å². The lowest BCUT2D eigenvalue weighted by molar-refractivity contribution is -0.114. The van der Waals surface area contributed by atoms with Gasteiger partial charge in [-0.1, -0.05) is 54.6 Å². The Morgan fingerprint density at radius 1 is 0.883 bits per heavy atom. The summed E-state index contributed by atoms with van der Waals surface area (Å²) in [5.74, 6) is 1.07. The van der Waals surface area contributed by atoms with Crippen LogP contribution in [0.2, 0.25) is 0 Å². The predicted octanol–water partition coefficient (Wildman–Crippen LogP) is 6.82. The van der Waals surface area contributed by atoms with Gasteiger partial charge in [-0.25, -0.2) is 9.46 Å². The van der Waals surface area contributed by atoms with Crippen molar-refractivity contribution in [2.24, 2.45) is 0 Å². The molecule has 1 fully saturated rings. The molecule has 0 bridgehead atoms. The third-order valence-electron chi connectivity index (χ3n) is 9.80. The number of ether oxygens (including phenoxy) is 6. The summed E-state index contributed by atoms with van der Waals surface area (Å²) in [4.78, 5) is 29.7. The maximum atomic E-state index is 13.7. The average Bonchev–Trinajstić information content (AvgIpc) is 3.57. The molecule has 0 saturated carbocycles. The van der Waals surface area contributed by atoms with Gasteiger partial charge in [0.05, 0.1) is 53.1 Å². The molecule has 0 radical (unpaired) electrons. The van der Waals surface area contributed by atoms with Crippen LogP contribution in [0.4, 0.5) is 5.82 Å². The standard InChI is InChI=1S/C44H56N5O10P/c1-30(2)49(31(3)4)60(57-26-12-24-45)59-40-38(58-42(41(40)55-28-27-52-6)48-25-23-39(46-32(5)50)47-43(48)51)29-56-44(33-13-10-9-11-14-33,34-15-19-36(53-7)20-16-34)35-17-21-37(54-8)22-18-35/h9-11,13-23,25,30-31,38,40-42H,12,26-29H2,1-8H3,(H,46,47,50,51)/t38-,40+,41?,42-,60?/m1/s1. The number of anilines is 1. The second-order valence-electron chi connectivity index (χ2n) is 14.5. The highest BCUT2D eigenvalue weighted by Crippen LogP contribution is 2.51. The van der Waals surface area contributed by atoms with E-state index in [4.69, 9.17) is 37.5 Å². The van der Waals surface area contributed by atoms with Crippen LogP contribution in [0, 0.1) is 11.3 Å². The molecular formula is C44H56N5O10P. The third-order valence-corrected chi connectivity index (χ3v) is 11.9. The number of nitrogens with one attached hydrogen (secondary N) is 1. The van der Waals surface area contributed by atoms with Gasteiger partial charge < -0.3 is 42.8 Å². The molecule has 1 aliphatic rings. The molecule has 0 aliphatic carbocycles. The lowest BCUT2D eigenvalue weighted by atomic mass is 9.80. The van der Waals surface area contributed by atoms with Crippen molar-refractivity contribution in [3.05, 3.63) is 118 Å². The summed E-state index contributed by atoms with van der Waals surface area (Å²) in [5.41, 5.74) is 0.553. The van der Waals surface area contributed by atoms with E-state index in [1.165, 1.54) is 23.8 Å². The maximum Gasteiger partial charge on any atom is 0.351 e. The first-order chi connectivity index (χ1) is 29.0. The number of rotatable bonds is 22. The SMILES string of the molecule is COCCOC1[C@@H](OP(OCCC#N)N(C(C)C)C(C)C)[C@@H](COC(c2ccccc2)(c2ccc(OC)cc2)c2ccc(OC)cc2)O[C@H]1n1ccc(NC(C)=O)nc1=O. The van der Waals surface area contributed by atoms with Crippen LogP contribution in [0.15, 0.2) is 95.9 Å². The van der Waals surface area contributed by atoms with Gasteiger partial charge in [0, 0.05) is 32.3 Å². The Hall–Kier alpha value is -4.75. The van der Waals surface area contributed by atoms with Crippen molar-refractivity contribution < 1.29 is 42.3 Å². The minimum absolute atomic E-state index is 0.0112. The summed E-state index contributed by atoms with van der Waals surface area (Å²) >= 11 is 0. The molecule has 1 aromatic heterocycles. The minimum atomic E-state index is -1.83. The summed E-state index contributed by atoms with van der Waals surface area (Å²) in [5, 5.41) is 12.0. The van der Waals surface area contributed by atoms with Crippen molar-refractivity contribution >= 4 is 20.3 Å². The summed E-state index contributed by atoms with van der Waals surface area (Å²) < 4.78 is 54.1. The predicted molar refractivity (Wildman–Crippen MR) is 227 cm³/mol. The molecule has 15 nitrogen and oxygen atoms in total. The van der Waals surface area contributed by atoms with Crippen molar-refractivity contribution in [3.8, 4) is 17.6 Å². The van der Waals surface area contributed by atoms with E-state index in [1.807, 2.05) is 107 Å². The molecule has 5 rings (SSSR count). The molecule has 322 valence electrons. The summed E-state index contributed by atoms with van der Waals surface area (Å²) in [6.07, 6.45) is -2.11. The minimum Gasteiger partial charge on any atom is -0.497 e. The Morgan fingerprint density at radius 2 is 1.48 bits per heavy atom. The molecular weight excluding hydrogens is 789 g/mol. The van der Waals surface area contributed by atoms with Crippen LogP contribution in [0.5, 0.6) is 11.5 Å². The summed E-state index contributed by atoms with van der Waals surface area (Å²) in [6, 6.07) is 28.9. The zero-order chi connectivity index (χ0) is 43.2. The van der Waals surface area contributed by atoms with Gasteiger partial charge >= 0.3 is 5.69 Å². The summed E-state index contributed by atoms with van der Waals surface area (Å²) in [6.45, 7) is 9.97. The van der Waals surface area contributed by atoms with E-state index in [0.29, 0.717) is 11.5 Å². The van der Waals surface area contributed by atoms with Gasteiger partial charge in [0.15, 0.2) is 6.23 Å². The van der Waals surface area contributed by atoms with Crippen LogP contribution in [0.3, 0.4) is 0 Å². The zero-order valence-electron chi connectivity index (χ0n) is 35.5. The quantitative estimate of drug-likeness (QED) is 0.0499. The Bertz CT molecular complexity index is 1990. The highest BCUT2D eigenvalue weighted by molar-refractivity contribution is 7.44. The van der Waals surface area contributed by atoms with Crippen LogP contribution in [0.25, 0.3) is 0 Å². The maximum absolute atomic E-state index is 13.7. The van der Waals surface area contributed by atoms with Crippen LogP contribution < -0.4 is 20.5 Å². The molecule has 1 N–H and O–H groups in total. The molecule has 16 heteroatoms. The van der Waals surface area contributed by atoms with Gasteiger partial charge in [-0.3, -0.25) is 9.36 Å². The average molecular weight is 846 g/mol. The van der Waals surface area contributed by atoms with Gasteiger partial charge in [0.1, 0.15) is 41.2 Å². The molecule has 3 aromatic carbocycles. The second kappa shape index (κ2) is 22.2. The Kier molecular flexibility index (Phi) is 17.1. The molecule has 4 aromatic rings.